The number of anilines is 1. The van der Waals surface area contributed by atoms with Crippen LogP contribution in [0, 0.1) is 6.92 Å². The molecule has 0 saturated carbocycles. The number of carbonyl (C=O) groups excluding carboxylic acids is 1. The lowest BCUT2D eigenvalue weighted by Crippen LogP contribution is -2.49. The van der Waals surface area contributed by atoms with Gasteiger partial charge in [-0.1, -0.05) is 11.6 Å². The number of alkyl halides is 1. The fourth-order valence-corrected chi connectivity index (χ4v) is 3.38. The molecular formula is C19H20Cl2N8O. The highest BCUT2D eigenvalue weighted by Crippen LogP contribution is 2.23. The number of rotatable bonds is 3. The molecule has 30 heavy (non-hydrogen) atoms. The molecule has 4 rings (SSSR count). The van der Waals surface area contributed by atoms with Crippen molar-refractivity contribution in [3.8, 4) is 0 Å². The highest BCUT2D eigenvalue weighted by atomic mass is 35.5. The third kappa shape index (κ3) is 5.13. The van der Waals surface area contributed by atoms with Gasteiger partial charge in [-0.25, -0.2) is 0 Å². The van der Waals surface area contributed by atoms with Crippen molar-refractivity contribution in [2.75, 3.05) is 37.0 Å². The average Bonchev–Trinajstić information content (AvgIpc) is 3.26. The van der Waals surface area contributed by atoms with Gasteiger partial charge in [-0.3, -0.25) is 14.9 Å². The molecule has 9 nitrogen and oxygen atoms in total. The molecule has 1 aliphatic rings. The minimum absolute atomic E-state index is 0.0172. The molecule has 0 bridgehead atoms. The summed E-state index contributed by atoms with van der Waals surface area (Å²) in [5, 5.41) is 11.6. The van der Waals surface area contributed by atoms with E-state index in [1.165, 1.54) is 0 Å². The van der Waals surface area contributed by atoms with E-state index < -0.39 is 0 Å². The molecule has 1 N–H and O–H groups in total. The van der Waals surface area contributed by atoms with Crippen molar-refractivity contribution in [1.29, 1.82) is 0 Å². The number of H-pyrrole nitrogens is 1. The van der Waals surface area contributed by atoms with Gasteiger partial charge in [0.2, 0.25) is 5.91 Å². The normalized spacial score (nSPS) is 13.4. The summed E-state index contributed by atoms with van der Waals surface area (Å²) in [6.07, 6.45) is 3.22. The Bertz CT molecular complexity index is 1070. The van der Waals surface area contributed by atoms with Gasteiger partial charge < -0.3 is 9.80 Å². The van der Waals surface area contributed by atoms with Crippen LogP contribution in [0.4, 0.5) is 11.5 Å². The lowest BCUT2D eigenvalue weighted by Gasteiger charge is -2.36. The standard InChI is InChI=1S/C13H16Cl2N2O.C6H4N6/c1-10-8-11(2-3-12(10)15)16-4-6-17(7-5-16)13(18)9-14;7-12-11-6-5-4(1-2-8-6)3-9-10-5/h2-3,8H,4-7,9H2,1H3;1-3H,(H,9,10). The number of aromatic nitrogens is 3. The SMILES string of the molecule is Cc1cc(N2CCN(C(=O)CCl)CC2)ccc1Cl.[N-]=[N+]=Nc1nccc2cn[nH]c12. The predicted octanol–water partition coefficient (Wildman–Crippen LogP) is 4.44. The molecule has 11 heteroatoms. The molecule has 3 aromatic rings. The largest absolute Gasteiger partial charge is 0.368 e. The van der Waals surface area contributed by atoms with Crippen LogP contribution in [-0.4, -0.2) is 58.0 Å². The molecule has 1 aliphatic heterocycles. The Morgan fingerprint density at radius 2 is 2.07 bits per heavy atom. The van der Waals surface area contributed by atoms with Gasteiger partial charge in [0.05, 0.1) is 11.7 Å². The molecule has 3 heterocycles. The van der Waals surface area contributed by atoms with E-state index >= 15 is 0 Å². The third-order valence-electron chi connectivity index (χ3n) is 4.74. The molecule has 156 valence electrons. The number of carbonyl (C=O) groups is 1. The van der Waals surface area contributed by atoms with Crippen molar-refractivity contribution in [3.63, 3.8) is 0 Å². The van der Waals surface area contributed by atoms with E-state index in [1.807, 2.05) is 24.0 Å². The summed E-state index contributed by atoms with van der Waals surface area (Å²) >= 11 is 11.6. The Hall–Kier alpha value is -3.00. The number of halogens is 2. The van der Waals surface area contributed by atoms with Gasteiger partial charge >= 0.3 is 0 Å². The van der Waals surface area contributed by atoms with Gasteiger partial charge in [0, 0.05) is 53.4 Å². The van der Waals surface area contributed by atoms with Crippen LogP contribution in [0.25, 0.3) is 21.3 Å². The molecule has 2 aromatic heterocycles. The highest BCUT2D eigenvalue weighted by Gasteiger charge is 2.20. The highest BCUT2D eigenvalue weighted by molar-refractivity contribution is 6.31. The number of hydrogen-bond donors (Lipinski definition) is 1. The van der Waals surface area contributed by atoms with Crippen molar-refractivity contribution in [3.05, 3.63) is 57.7 Å². The number of fused-ring (bicyclic) bond motifs is 1. The summed E-state index contributed by atoms with van der Waals surface area (Å²) in [5.74, 6) is 0.413. The number of benzene rings is 1. The maximum Gasteiger partial charge on any atom is 0.237 e. The minimum atomic E-state index is 0.0172. The number of pyridine rings is 1. The van der Waals surface area contributed by atoms with Crippen molar-refractivity contribution in [2.45, 2.75) is 6.92 Å². The van der Waals surface area contributed by atoms with Crippen molar-refractivity contribution >= 4 is 51.5 Å². The second-order valence-electron chi connectivity index (χ2n) is 6.59. The van der Waals surface area contributed by atoms with E-state index in [2.05, 4.69) is 36.2 Å². The molecular weight excluding hydrogens is 427 g/mol. The summed E-state index contributed by atoms with van der Waals surface area (Å²) in [6, 6.07) is 7.81. The quantitative estimate of drug-likeness (QED) is 0.277. The third-order valence-corrected chi connectivity index (χ3v) is 5.39. The van der Waals surface area contributed by atoms with Crippen LogP contribution >= 0.6 is 23.2 Å². The molecule has 0 radical (unpaired) electrons. The predicted molar refractivity (Wildman–Crippen MR) is 118 cm³/mol. The van der Waals surface area contributed by atoms with Gasteiger partial charge in [0.15, 0.2) is 5.82 Å². The molecule has 0 atom stereocenters. The summed E-state index contributed by atoms with van der Waals surface area (Å²) in [4.78, 5) is 22.1. The second-order valence-corrected chi connectivity index (χ2v) is 7.27. The van der Waals surface area contributed by atoms with Crippen LogP contribution in [0.2, 0.25) is 5.02 Å². The first-order valence-electron chi connectivity index (χ1n) is 9.21. The molecule has 1 aromatic carbocycles. The number of aryl methyl sites for hydroxylation is 1. The van der Waals surface area contributed by atoms with Crippen LogP contribution in [0.5, 0.6) is 0 Å². The monoisotopic (exact) mass is 446 g/mol. The smallest absolute Gasteiger partial charge is 0.237 e. The first-order valence-corrected chi connectivity index (χ1v) is 10.1. The zero-order chi connectivity index (χ0) is 21.5. The maximum atomic E-state index is 11.5. The van der Waals surface area contributed by atoms with Crippen molar-refractivity contribution in [2.24, 2.45) is 5.11 Å². The fourth-order valence-electron chi connectivity index (χ4n) is 3.10. The van der Waals surface area contributed by atoms with E-state index in [9.17, 15) is 4.79 Å². The zero-order valence-corrected chi connectivity index (χ0v) is 17.8. The van der Waals surface area contributed by atoms with Gasteiger partial charge in [0.25, 0.3) is 0 Å². The van der Waals surface area contributed by atoms with Crippen LogP contribution < -0.4 is 4.90 Å². The lowest BCUT2D eigenvalue weighted by molar-refractivity contribution is -0.128. The number of piperazine rings is 1. The first kappa shape index (κ1) is 21.7. The summed E-state index contributed by atoms with van der Waals surface area (Å²) in [7, 11) is 0. The van der Waals surface area contributed by atoms with E-state index in [1.54, 1.807) is 18.5 Å². The number of nitrogens with one attached hydrogen (secondary N) is 1. The number of azide groups is 1. The molecule has 1 amide bonds. The fraction of sp³-hybridized carbons (Fsp3) is 0.316. The number of aromatic amines is 1. The zero-order valence-electron chi connectivity index (χ0n) is 16.3. The minimum Gasteiger partial charge on any atom is -0.368 e. The van der Waals surface area contributed by atoms with Gasteiger partial charge in [-0.15, -0.1) is 11.6 Å². The summed E-state index contributed by atoms with van der Waals surface area (Å²) in [6.45, 7) is 5.13. The number of nitrogens with zero attached hydrogens (tertiary/aromatic N) is 7. The Kier molecular flexibility index (Phi) is 7.35. The Balaban J connectivity index is 0.000000184. The van der Waals surface area contributed by atoms with Gasteiger partial charge in [-0.05, 0) is 47.4 Å². The summed E-state index contributed by atoms with van der Waals surface area (Å²) in [5.41, 5.74) is 11.1. The van der Waals surface area contributed by atoms with Crippen LogP contribution in [0.3, 0.4) is 0 Å². The van der Waals surface area contributed by atoms with Gasteiger partial charge in [0.1, 0.15) is 5.88 Å². The molecule has 0 unspecified atom stereocenters. The average molecular weight is 447 g/mol. The topological polar surface area (TPSA) is 114 Å². The van der Waals surface area contributed by atoms with E-state index in [0.717, 1.165) is 47.8 Å². The van der Waals surface area contributed by atoms with Crippen LogP contribution in [-0.2, 0) is 4.79 Å². The van der Waals surface area contributed by atoms with E-state index in [0.29, 0.717) is 11.3 Å². The summed E-state index contributed by atoms with van der Waals surface area (Å²) < 4.78 is 0. The van der Waals surface area contributed by atoms with Crippen LogP contribution in [0.1, 0.15) is 5.56 Å². The Morgan fingerprint density at radius 3 is 2.73 bits per heavy atom. The van der Waals surface area contributed by atoms with Crippen LogP contribution in [0.15, 0.2) is 41.8 Å². The van der Waals surface area contributed by atoms with E-state index in [-0.39, 0.29) is 11.8 Å². The molecule has 0 spiro atoms. The maximum absolute atomic E-state index is 11.5. The Morgan fingerprint density at radius 1 is 1.30 bits per heavy atom. The first-order chi connectivity index (χ1) is 14.5. The van der Waals surface area contributed by atoms with Gasteiger partial charge in [-0.2, -0.15) is 5.10 Å². The number of hydrogen-bond acceptors (Lipinski definition) is 5. The molecule has 1 saturated heterocycles. The molecule has 0 aliphatic carbocycles. The van der Waals surface area contributed by atoms with E-state index in [4.69, 9.17) is 28.7 Å². The Labute approximate surface area is 183 Å². The molecule has 1 fully saturated rings. The number of amides is 1. The second kappa shape index (κ2) is 10.2. The van der Waals surface area contributed by atoms with Crippen molar-refractivity contribution in [1.82, 2.24) is 20.1 Å². The lowest BCUT2D eigenvalue weighted by atomic mass is 10.2. The van der Waals surface area contributed by atoms with Crippen molar-refractivity contribution < 1.29 is 4.79 Å².